The number of hydrogen-bond acceptors (Lipinski definition) is 12. The molecule has 4 aromatic rings. The molecule has 1 aliphatic carbocycles. The monoisotopic (exact) mass is 970 g/mol. The molecule has 2 unspecified atom stereocenters. The van der Waals surface area contributed by atoms with Crippen LogP contribution >= 0.6 is 0 Å². The third-order valence-corrected chi connectivity index (χ3v) is 18.4. The minimum absolute atomic E-state index is 0.117. The van der Waals surface area contributed by atoms with Gasteiger partial charge in [0.15, 0.2) is 6.10 Å². The lowest BCUT2D eigenvalue weighted by Crippen LogP contribution is -2.81. The highest BCUT2D eigenvalue weighted by Crippen LogP contribution is 2.68. The Morgan fingerprint density at radius 1 is 0.915 bits per heavy atom. The number of carbonyl (C=O) groups excluding carboxylic acids is 4. The Morgan fingerprint density at radius 2 is 1.66 bits per heavy atom. The van der Waals surface area contributed by atoms with E-state index in [1.165, 1.54) is 26.7 Å². The molecule has 1 spiro atoms. The molecule has 2 bridgehead atoms. The summed E-state index contributed by atoms with van der Waals surface area (Å²) in [6, 6.07) is 19.0. The maximum Gasteiger partial charge on any atom is 0.344 e. The van der Waals surface area contributed by atoms with E-state index in [9.17, 15) is 19.5 Å². The number of aliphatic hydroxyl groups is 1. The van der Waals surface area contributed by atoms with Gasteiger partial charge < -0.3 is 44.2 Å². The number of amides is 1. The van der Waals surface area contributed by atoms with Gasteiger partial charge in [0.1, 0.15) is 11.2 Å². The molecule has 3 aromatic carbocycles. The molecule has 0 radical (unpaired) electrons. The van der Waals surface area contributed by atoms with Crippen molar-refractivity contribution in [1.82, 2.24) is 20.1 Å². The van der Waals surface area contributed by atoms with Crippen LogP contribution in [0.3, 0.4) is 0 Å². The average Bonchev–Trinajstić information content (AvgIpc) is 4.05. The van der Waals surface area contributed by atoms with Crippen LogP contribution in [-0.4, -0.2) is 134 Å². The number of hydrogen-bond donors (Lipinski definition) is 3. The van der Waals surface area contributed by atoms with Crippen LogP contribution in [0.5, 0.6) is 5.75 Å². The van der Waals surface area contributed by atoms with Crippen molar-refractivity contribution in [1.29, 1.82) is 0 Å². The Bertz CT molecular complexity index is 2810. The molecule has 1 aromatic heterocycles. The number of benzene rings is 3. The van der Waals surface area contributed by atoms with Crippen LogP contribution < -0.4 is 15.0 Å². The molecule has 14 nitrogen and oxygen atoms in total. The van der Waals surface area contributed by atoms with Crippen LogP contribution in [0, 0.1) is 11.3 Å². The number of carbonyl (C=O) groups is 4. The van der Waals surface area contributed by atoms with Crippen LogP contribution in [0.25, 0.3) is 10.9 Å². The fourth-order valence-electron chi connectivity index (χ4n) is 15.2. The topological polar surface area (TPSA) is 163 Å². The fourth-order valence-corrected chi connectivity index (χ4v) is 15.2. The van der Waals surface area contributed by atoms with E-state index in [1.807, 2.05) is 55.3 Å². The largest absolute Gasteiger partial charge is 0.496 e. The number of methoxy groups -OCH3 is 3. The summed E-state index contributed by atoms with van der Waals surface area (Å²) < 4.78 is 24.3. The van der Waals surface area contributed by atoms with Gasteiger partial charge in [-0.1, -0.05) is 70.2 Å². The minimum atomic E-state index is -2.33. The van der Waals surface area contributed by atoms with Crippen molar-refractivity contribution >= 4 is 40.4 Å². The third kappa shape index (κ3) is 6.96. The zero-order valence-electron chi connectivity index (χ0n) is 42.9. The minimum Gasteiger partial charge on any atom is -0.496 e. The predicted molar refractivity (Wildman–Crippen MR) is 271 cm³/mol. The number of para-hydroxylation sites is 1. The molecule has 2 saturated heterocycles. The van der Waals surface area contributed by atoms with Gasteiger partial charge in [0.05, 0.1) is 32.9 Å². The van der Waals surface area contributed by atoms with Crippen LogP contribution in [0.15, 0.2) is 72.8 Å². The van der Waals surface area contributed by atoms with Gasteiger partial charge >= 0.3 is 17.9 Å². The highest BCUT2D eigenvalue weighted by atomic mass is 16.6. The molecule has 6 aliphatic rings. The zero-order chi connectivity index (χ0) is 50.4. The number of rotatable bonds is 11. The highest BCUT2D eigenvalue weighted by Gasteiger charge is 2.80. The summed E-state index contributed by atoms with van der Waals surface area (Å²) in [6.07, 6.45) is 7.06. The van der Waals surface area contributed by atoms with Crippen LogP contribution in [0.4, 0.5) is 5.69 Å². The van der Waals surface area contributed by atoms with Crippen LogP contribution in [0.1, 0.15) is 117 Å². The summed E-state index contributed by atoms with van der Waals surface area (Å²) in [6.45, 7) is 13.1. The Kier molecular flexibility index (Phi) is 12.3. The van der Waals surface area contributed by atoms with Gasteiger partial charge in [0, 0.05) is 96.5 Å². The van der Waals surface area contributed by atoms with Crippen molar-refractivity contribution in [2.45, 2.75) is 126 Å². The smallest absolute Gasteiger partial charge is 0.344 e. The van der Waals surface area contributed by atoms with Gasteiger partial charge in [0.25, 0.3) is 5.91 Å². The first kappa shape index (κ1) is 48.9. The lowest BCUT2D eigenvalue weighted by Gasteiger charge is -2.63. The molecule has 3 N–H and O–H groups in total. The number of fused-ring (bicyclic) bond motifs is 6. The van der Waals surface area contributed by atoms with Gasteiger partial charge in [0.2, 0.25) is 5.60 Å². The fraction of sp³-hybridized carbons (Fsp3) is 0.544. The number of H-pyrrole nitrogens is 1. The van der Waals surface area contributed by atoms with Crippen molar-refractivity contribution in [2.75, 3.05) is 66.0 Å². The number of aromatic nitrogens is 1. The number of likely N-dealkylation sites (N-methyl/N-ethyl adjacent to an activating group) is 1. The van der Waals surface area contributed by atoms with Gasteiger partial charge in [-0.2, -0.15) is 0 Å². The quantitative estimate of drug-likeness (QED) is 0.0808. The van der Waals surface area contributed by atoms with E-state index in [0.29, 0.717) is 94.0 Å². The van der Waals surface area contributed by atoms with E-state index < -0.39 is 57.4 Å². The summed E-state index contributed by atoms with van der Waals surface area (Å²) in [7, 11) is 6.19. The van der Waals surface area contributed by atoms with Crippen LogP contribution in [0.2, 0.25) is 0 Å². The molecule has 10 rings (SSSR count). The SMILES string of the molecule is CCC(C)c1ccc(C(=O)N[C@@]2(CC)C[C@H]3CN(CCc4c([nH]c5ccccc45)[C@@](C(=O)OC)(c4cc5c(cc4OC)N(C)[C@H]4[C@@](O)(C(=O)OC)[C@H](OC(C)=O)[C@]6(CC)C=CCN7CC[C@]54[C@@H]76)C3)C2)cc1. The van der Waals surface area contributed by atoms with Crippen molar-refractivity contribution in [3.8, 4) is 5.75 Å². The normalized spacial score (nSPS) is 33.0. The van der Waals surface area contributed by atoms with Gasteiger partial charge in [-0.25, -0.2) is 4.79 Å². The molecule has 3 fully saturated rings. The van der Waals surface area contributed by atoms with Crippen molar-refractivity contribution in [3.63, 3.8) is 0 Å². The van der Waals surface area contributed by atoms with E-state index in [0.717, 1.165) is 39.8 Å². The van der Waals surface area contributed by atoms with Crippen LogP contribution in [-0.2, 0) is 45.8 Å². The molecular formula is C57H71N5O9. The number of nitrogens with one attached hydrogen (secondary N) is 2. The Balaban J connectivity index is 1.18. The first-order chi connectivity index (χ1) is 34.1. The first-order valence-corrected chi connectivity index (χ1v) is 25.7. The van der Waals surface area contributed by atoms with Gasteiger partial charge in [-0.3, -0.25) is 19.3 Å². The lowest BCUT2D eigenvalue weighted by molar-refractivity contribution is -0.228. The lowest BCUT2D eigenvalue weighted by atomic mass is 9.47. The average molecular weight is 970 g/mol. The van der Waals surface area contributed by atoms with E-state index >= 15 is 4.79 Å². The zero-order valence-corrected chi connectivity index (χ0v) is 42.9. The number of anilines is 1. The highest BCUT2D eigenvalue weighted by molar-refractivity contribution is 5.96. The summed E-state index contributed by atoms with van der Waals surface area (Å²) in [5.41, 5.74) is 0.309. The van der Waals surface area contributed by atoms with Gasteiger partial charge in [-0.05, 0) is 104 Å². The molecule has 71 heavy (non-hydrogen) atoms. The summed E-state index contributed by atoms with van der Waals surface area (Å²) in [5.74, 6) is -1.35. The van der Waals surface area contributed by atoms with E-state index in [4.69, 9.17) is 18.9 Å². The molecule has 1 amide bonds. The first-order valence-electron chi connectivity index (χ1n) is 25.7. The number of piperidine rings is 1. The number of esters is 3. The molecular weight excluding hydrogens is 899 g/mol. The van der Waals surface area contributed by atoms with E-state index in [-0.39, 0.29) is 17.9 Å². The molecule has 5 aliphatic heterocycles. The predicted octanol–water partition coefficient (Wildman–Crippen LogP) is 6.94. The standard InChI is InChI=1S/C57H71N5O9/c1-10-34(4)37-18-20-38(21-19-37)47(64)59-53(11-2)30-36-31-56(51(65)69-8,46-40(22-26-61(32-36)33-53)39-16-13-14-17-43(39)58-46)42-28-41-44(29-45(42)68-7)60(6)49-55(41)24-27-62-25-15-23-54(12-3,48(55)62)50(71-35(5)63)57(49,67)52(66)70-9/h13-21,23,28-29,34,36,48-50,58,67H,10-12,22,24-27,30-33H2,1-9H3,(H,59,64)/t34?,36-,48+,49-,50-,53+,54-,55-,56+,57+/m1/s1. The summed E-state index contributed by atoms with van der Waals surface area (Å²) in [5, 5.41) is 18.1. The molecule has 378 valence electrons. The molecule has 11 atom stereocenters. The third-order valence-electron chi connectivity index (χ3n) is 18.4. The maximum absolute atomic E-state index is 15.8. The Morgan fingerprint density at radius 3 is 2.34 bits per heavy atom. The van der Waals surface area contributed by atoms with Crippen molar-refractivity contribution < 1.29 is 43.2 Å². The number of nitrogens with zero attached hydrogens (tertiary/aromatic N) is 3. The Hall–Kier alpha value is -5.70. The van der Waals surface area contributed by atoms with Gasteiger partial charge in [-0.15, -0.1) is 0 Å². The molecule has 6 heterocycles. The van der Waals surface area contributed by atoms with E-state index in [1.54, 1.807) is 7.11 Å². The second-order valence-electron chi connectivity index (χ2n) is 21.6. The van der Waals surface area contributed by atoms with Crippen molar-refractivity contribution in [3.05, 3.63) is 106 Å². The second-order valence-corrected chi connectivity index (χ2v) is 21.6. The van der Waals surface area contributed by atoms with E-state index in [2.05, 4.69) is 77.3 Å². The number of aromatic amines is 1. The summed E-state index contributed by atoms with van der Waals surface area (Å²) in [4.78, 5) is 68.5. The molecule has 1 saturated carbocycles. The Labute approximate surface area is 417 Å². The molecule has 14 heteroatoms. The second kappa shape index (κ2) is 17.8. The van der Waals surface area contributed by atoms with Crippen molar-refractivity contribution in [2.24, 2.45) is 11.3 Å². The maximum atomic E-state index is 15.8. The summed E-state index contributed by atoms with van der Waals surface area (Å²) >= 11 is 0. The number of ether oxygens (including phenoxy) is 4.